The molecule has 0 aromatic rings. The molecule has 0 saturated carbocycles. The summed E-state index contributed by atoms with van der Waals surface area (Å²) >= 11 is 0. The molecule has 1 fully saturated rings. The van der Waals surface area contributed by atoms with E-state index in [1.165, 1.54) is 20.3 Å². The summed E-state index contributed by atoms with van der Waals surface area (Å²) in [5.74, 6) is -0.272. The average molecular weight is 195 g/mol. The van der Waals surface area contributed by atoms with E-state index in [0.29, 0.717) is 5.57 Å². The molecule has 1 rings (SSSR count). The standard InChI is InChI=1S/C11H17NO2/c1-9(13)11(10(2)14)8-12-6-4-3-5-7-12/h8H,3-7H2,1-2H3. The quantitative estimate of drug-likeness (QED) is 0.389. The third-order valence-corrected chi connectivity index (χ3v) is 2.46. The number of allylic oxidation sites excluding steroid dienone is 1. The largest absolute Gasteiger partial charge is 0.377 e. The van der Waals surface area contributed by atoms with Gasteiger partial charge in [-0.25, -0.2) is 0 Å². The van der Waals surface area contributed by atoms with Crippen LogP contribution in [-0.2, 0) is 9.59 Å². The number of ketones is 2. The van der Waals surface area contributed by atoms with E-state index in [-0.39, 0.29) is 11.6 Å². The lowest BCUT2D eigenvalue weighted by atomic mass is 10.1. The third kappa shape index (κ3) is 2.98. The number of hydrogen-bond acceptors (Lipinski definition) is 3. The highest BCUT2D eigenvalue weighted by atomic mass is 16.1. The molecule has 0 spiro atoms. The van der Waals surface area contributed by atoms with E-state index < -0.39 is 0 Å². The van der Waals surface area contributed by atoms with Gasteiger partial charge in [0.2, 0.25) is 0 Å². The topological polar surface area (TPSA) is 37.4 Å². The van der Waals surface area contributed by atoms with Crippen LogP contribution in [0.15, 0.2) is 11.8 Å². The maximum atomic E-state index is 11.1. The molecule has 0 radical (unpaired) electrons. The molecule has 0 aliphatic carbocycles. The van der Waals surface area contributed by atoms with Gasteiger partial charge in [-0.15, -0.1) is 0 Å². The number of carbonyl (C=O) groups is 2. The van der Waals surface area contributed by atoms with Gasteiger partial charge in [0.15, 0.2) is 11.6 Å². The maximum absolute atomic E-state index is 11.1. The predicted molar refractivity (Wildman–Crippen MR) is 54.9 cm³/mol. The Morgan fingerprint density at radius 2 is 1.50 bits per heavy atom. The highest BCUT2D eigenvalue weighted by Crippen LogP contribution is 2.11. The lowest BCUT2D eigenvalue weighted by molar-refractivity contribution is -0.119. The molecule has 3 nitrogen and oxygen atoms in total. The molecule has 1 aliphatic rings. The van der Waals surface area contributed by atoms with Crippen LogP contribution in [0, 0.1) is 0 Å². The van der Waals surface area contributed by atoms with Crippen LogP contribution in [0.2, 0.25) is 0 Å². The van der Waals surface area contributed by atoms with E-state index in [0.717, 1.165) is 25.9 Å². The second-order valence-corrected chi connectivity index (χ2v) is 3.75. The summed E-state index contributed by atoms with van der Waals surface area (Å²) in [7, 11) is 0. The summed E-state index contributed by atoms with van der Waals surface area (Å²) in [6.45, 7) is 4.81. The van der Waals surface area contributed by atoms with Crippen molar-refractivity contribution in [1.29, 1.82) is 0 Å². The molecule has 0 bridgehead atoms. The summed E-state index contributed by atoms with van der Waals surface area (Å²) < 4.78 is 0. The molecule has 14 heavy (non-hydrogen) atoms. The minimum absolute atomic E-state index is 0.136. The van der Waals surface area contributed by atoms with Gasteiger partial charge >= 0.3 is 0 Å². The summed E-state index contributed by atoms with van der Waals surface area (Å²) in [6.07, 6.45) is 5.28. The predicted octanol–water partition coefficient (Wildman–Crippen LogP) is 1.53. The van der Waals surface area contributed by atoms with Crippen LogP contribution in [0.25, 0.3) is 0 Å². The summed E-state index contributed by atoms with van der Waals surface area (Å²) in [5, 5.41) is 0. The number of piperidine rings is 1. The van der Waals surface area contributed by atoms with Crippen LogP contribution in [-0.4, -0.2) is 29.6 Å². The van der Waals surface area contributed by atoms with Crippen LogP contribution in [0.1, 0.15) is 33.1 Å². The summed E-state index contributed by atoms with van der Waals surface area (Å²) in [5.41, 5.74) is 0.326. The van der Waals surface area contributed by atoms with Crippen LogP contribution in [0.4, 0.5) is 0 Å². The van der Waals surface area contributed by atoms with Crippen molar-refractivity contribution < 1.29 is 9.59 Å². The van der Waals surface area contributed by atoms with Crippen molar-refractivity contribution in [3.05, 3.63) is 11.8 Å². The number of carbonyl (C=O) groups excluding carboxylic acids is 2. The molecule has 0 N–H and O–H groups in total. The molecule has 1 heterocycles. The molecule has 1 aliphatic heterocycles. The van der Waals surface area contributed by atoms with Gasteiger partial charge in [0.05, 0.1) is 5.57 Å². The Morgan fingerprint density at radius 3 is 1.93 bits per heavy atom. The second kappa shape index (κ2) is 4.94. The van der Waals surface area contributed by atoms with Crippen molar-refractivity contribution in [3.63, 3.8) is 0 Å². The first-order valence-corrected chi connectivity index (χ1v) is 5.09. The molecule has 0 atom stereocenters. The highest BCUT2D eigenvalue weighted by Gasteiger charge is 2.13. The van der Waals surface area contributed by atoms with E-state index in [9.17, 15) is 9.59 Å². The fraction of sp³-hybridized carbons (Fsp3) is 0.636. The number of rotatable bonds is 3. The second-order valence-electron chi connectivity index (χ2n) is 3.75. The number of likely N-dealkylation sites (tertiary alicyclic amines) is 1. The Bertz CT molecular complexity index is 246. The fourth-order valence-electron chi connectivity index (χ4n) is 1.66. The normalized spacial score (nSPS) is 16.3. The Balaban J connectivity index is 2.70. The average Bonchev–Trinajstić information content (AvgIpc) is 2.15. The van der Waals surface area contributed by atoms with Crippen molar-refractivity contribution in [2.24, 2.45) is 0 Å². The first kappa shape index (κ1) is 11.0. The zero-order chi connectivity index (χ0) is 10.6. The van der Waals surface area contributed by atoms with E-state index >= 15 is 0 Å². The Kier molecular flexibility index (Phi) is 3.86. The van der Waals surface area contributed by atoms with Crippen molar-refractivity contribution in [3.8, 4) is 0 Å². The third-order valence-electron chi connectivity index (χ3n) is 2.46. The summed E-state index contributed by atoms with van der Waals surface area (Å²) in [4.78, 5) is 24.4. The minimum Gasteiger partial charge on any atom is -0.377 e. The lowest BCUT2D eigenvalue weighted by Crippen LogP contribution is -2.26. The highest BCUT2D eigenvalue weighted by molar-refractivity contribution is 6.18. The molecular formula is C11H17NO2. The van der Waals surface area contributed by atoms with Gasteiger partial charge in [0.1, 0.15) is 0 Å². The zero-order valence-electron chi connectivity index (χ0n) is 8.88. The minimum atomic E-state index is -0.136. The van der Waals surface area contributed by atoms with Crippen LogP contribution in [0.3, 0.4) is 0 Å². The Morgan fingerprint density at radius 1 is 1.00 bits per heavy atom. The van der Waals surface area contributed by atoms with E-state index in [2.05, 4.69) is 4.90 Å². The number of hydrogen-bond donors (Lipinski definition) is 0. The van der Waals surface area contributed by atoms with Gasteiger partial charge < -0.3 is 4.90 Å². The Labute approximate surface area is 84.8 Å². The molecule has 0 aromatic carbocycles. The molecule has 0 aromatic heterocycles. The van der Waals surface area contributed by atoms with Crippen LogP contribution in [0.5, 0.6) is 0 Å². The number of nitrogens with zero attached hydrogens (tertiary/aromatic N) is 1. The van der Waals surface area contributed by atoms with E-state index in [1.54, 1.807) is 6.20 Å². The summed E-state index contributed by atoms with van der Waals surface area (Å²) in [6, 6.07) is 0. The smallest absolute Gasteiger partial charge is 0.164 e. The molecule has 0 amide bonds. The molecule has 1 saturated heterocycles. The monoisotopic (exact) mass is 195 g/mol. The SMILES string of the molecule is CC(=O)C(=CN1CCCCC1)C(C)=O. The van der Waals surface area contributed by atoms with Gasteiger partial charge in [-0.3, -0.25) is 9.59 Å². The van der Waals surface area contributed by atoms with E-state index in [1.807, 2.05) is 0 Å². The van der Waals surface area contributed by atoms with Crippen molar-refractivity contribution in [2.75, 3.05) is 13.1 Å². The zero-order valence-corrected chi connectivity index (χ0v) is 8.88. The van der Waals surface area contributed by atoms with Crippen LogP contribution >= 0.6 is 0 Å². The number of Topliss-reactive ketones (excluding diaryl/α,β-unsaturated/α-hetero) is 2. The Hall–Kier alpha value is -1.12. The maximum Gasteiger partial charge on any atom is 0.164 e. The first-order valence-electron chi connectivity index (χ1n) is 5.09. The van der Waals surface area contributed by atoms with Crippen LogP contribution < -0.4 is 0 Å². The van der Waals surface area contributed by atoms with Gasteiger partial charge in [-0.2, -0.15) is 0 Å². The van der Waals surface area contributed by atoms with Gasteiger partial charge in [-0.05, 0) is 33.1 Å². The first-order chi connectivity index (χ1) is 6.61. The van der Waals surface area contributed by atoms with Crippen molar-refractivity contribution in [1.82, 2.24) is 4.90 Å². The van der Waals surface area contributed by atoms with Gasteiger partial charge in [-0.1, -0.05) is 0 Å². The van der Waals surface area contributed by atoms with Crippen molar-refractivity contribution in [2.45, 2.75) is 33.1 Å². The fourth-order valence-corrected chi connectivity index (χ4v) is 1.66. The van der Waals surface area contributed by atoms with Gasteiger partial charge in [0, 0.05) is 19.3 Å². The molecule has 0 unspecified atom stereocenters. The van der Waals surface area contributed by atoms with E-state index in [4.69, 9.17) is 0 Å². The molecular weight excluding hydrogens is 178 g/mol. The lowest BCUT2D eigenvalue weighted by Gasteiger charge is -2.25. The van der Waals surface area contributed by atoms with Gasteiger partial charge in [0.25, 0.3) is 0 Å². The van der Waals surface area contributed by atoms with Crippen molar-refractivity contribution >= 4 is 11.6 Å². The molecule has 3 heteroatoms. The molecule has 78 valence electrons.